The zero-order chi connectivity index (χ0) is 15.0. The van der Waals surface area contributed by atoms with Gasteiger partial charge in [-0.25, -0.2) is 9.37 Å². The van der Waals surface area contributed by atoms with Crippen molar-refractivity contribution in [3.8, 4) is 0 Å². The van der Waals surface area contributed by atoms with Gasteiger partial charge in [-0.05, 0) is 29.8 Å². The normalized spacial score (nSPS) is 12.0. The number of fused-ring (bicyclic) bond motifs is 1. The van der Waals surface area contributed by atoms with Crippen LogP contribution in [0, 0.1) is 5.82 Å². The lowest BCUT2D eigenvalue weighted by Gasteiger charge is -2.06. The van der Waals surface area contributed by atoms with Crippen molar-refractivity contribution in [1.29, 1.82) is 0 Å². The van der Waals surface area contributed by atoms with E-state index in [1.807, 2.05) is 0 Å². The number of halogens is 4. The number of H-pyrrole nitrogens is 1. The van der Waals surface area contributed by atoms with E-state index in [1.54, 1.807) is 6.07 Å². The van der Waals surface area contributed by atoms with Crippen molar-refractivity contribution in [3.05, 3.63) is 65.2 Å². The van der Waals surface area contributed by atoms with E-state index in [2.05, 4.69) is 9.97 Å². The van der Waals surface area contributed by atoms with Gasteiger partial charge in [0.1, 0.15) is 11.6 Å². The second kappa shape index (κ2) is 4.87. The first-order valence-corrected chi connectivity index (χ1v) is 6.22. The van der Waals surface area contributed by atoms with Gasteiger partial charge >= 0.3 is 6.18 Å². The molecule has 2 aromatic carbocycles. The van der Waals surface area contributed by atoms with Crippen LogP contribution in [0.4, 0.5) is 17.6 Å². The number of imidazole rings is 1. The van der Waals surface area contributed by atoms with E-state index in [-0.39, 0.29) is 5.82 Å². The first-order valence-electron chi connectivity index (χ1n) is 6.22. The topological polar surface area (TPSA) is 28.7 Å². The number of aromatic amines is 1. The fourth-order valence-corrected chi connectivity index (χ4v) is 2.12. The monoisotopic (exact) mass is 294 g/mol. The van der Waals surface area contributed by atoms with E-state index >= 15 is 0 Å². The summed E-state index contributed by atoms with van der Waals surface area (Å²) < 4.78 is 50.5. The van der Waals surface area contributed by atoms with Gasteiger partial charge in [-0.2, -0.15) is 13.2 Å². The molecule has 0 saturated carbocycles. The Morgan fingerprint density at radius 1 is 1.00 bits per heavy atom. The number of rotatable bonds is 2. The van der Waals surface area contributed by atoms with E-state index in [0.29, 0.717) is 28.8 Å². The molecule has 2 nitrogen and oxygen atoms in total. The highest BCUT2D eigenvalue weighted by Crippen LogP contribution is 2.29. The Bertz CT molecular complexity index is 772. The van der Waals surface area contributed by atoms with Crippen LogP contribution in [0.15, 0.2) is 42.5 Å². The average molecular weight is 294 g/mol. The van der Waals surface area contributed by atoms with Crippen molar-refractivity contribution in [3.63, 3.8) is 0 Å². The Kier molecular flexibility index (Phi) is 3.16. The SMILES string of the molecule is Fc1ccc2[nH]c(Cc3ccc(C(F)(F)F)cc3)nc2c1. The molecular formula is C15H10F4N2. The van der Waals surface area contributed by atoms with Gasteiger partial charge in [0.25, 0.3) is 0 Å². The van der Waals surface area contributed by atoms with Crippen LogP contribution < -0.4 is 0 Å². The summed E-state index contributed by atoms with van der Waals surface area (Å²) in [6.45, 7) is 0. The molecule has 0 amide bonds. The van der Waals surface area contributed by atoms with Gasteiger partial charge < -0.3 is 4.98 Å². The van der Waals surface area contributed by atoms with Crippen LogP contribution in [0.2, 0.25) is 0 Å². The van der Waals surface area contributed by atoms with Crippen LogP contribution in [-0.2, 0) is 12.6 Å². The molecule has 0 aliphatic rings. The minimum atomic E-state index is -4.34. The Morgan fingerprint density at radius 2 is 1.71 bits per heavy atom. The maximum absolute atomic E-state index is 13.1. The van der Waals surface area contributed by atoms with Crippen molar-refractivity contribution in [2.45, 2.75) is 12.6 Å². The second-order valence-corrected chi connectivity index (χ2v) is 4.72. The first kappa shape index (κ1) is 13.6. The van der Waals surface area contributed by atoms with E-state index in [4.69, 9.17) is 0 Å². The molecule has 0 spiro atoms. The van der Waals surface area contributed by atoms with Gasteiger partial charge in [-0.1, -0.05) is 12.1 Å². The minimum absolute atomic E-state index is 0.356. The summed E-state index contributed by atoms with van der Waals surface area (Å²) in [7, 11) is 0. The lowest BCUT2D eigenvalue weighted by atomic mass is 10.1. The number of hydrogen-bond donors (Lipinski definition) is 1. The molecular weight excluding hydrogens is 284 g/mol. The van der Waals surface area contributed by atoms with Crippen LogP contribution >= 0.6 is 0 Å². The van der Waals surface area contributed by atoms with E-state index in [9.17, 15) is 17.6 Å². The second-order valence-electron chi connectivity index (χ2n) is 4.72. The third kappa shape index (κ3) is 2.89. The van der Waals surface area contributed by atoms with E-state index < -0.39 is 11.7 Å². The maximum Gasteiger partial charge on any atom is 0.416 e. The van der Waals surface area contributed by atoms with Gasteiger partial charge in [0.05, 0.1) is 16.6 Å². The molecule has 0 bridgehead atoms. The van der Waals surface area contributed by atoms with Gasteiger partial charge in [0.15, 0.2) is 0 Å². The molecule has 0 aliphatic heterocycles. The summed E-state index contributed by atoms with van der Waals surface area (Å²) in [5.74, 6) is 0.199. The molecule has 0 saturated heterocycles. The van der Waals surface area contributed by atoms with Crippen molar-refractivity contribution >= 4 is 11.0 Å². The van der Waals surface area contributed by atoms with E-state index in [0.717, 1.165) is 12.1 Å². The van der Waals surface area contributed by atoms with Crippen LogP contribution in [0.5, 0.6) is 0 Å². The maximum atomic E-state index is 13.1. The van der Waals surface area contributed by atoms with Gasteiger partial charge in [-0.3, -0.25) is 0 Å². The molecule has 21 heavy (non-hydrogen) atoms. The van der Waals surface area contributed by atoms with Crippen LogP contribution in [0.3, 0.4) is 0 Å². The summed E-state index contributed by atoms with van der Waals surface area (Å²) in [5.41, 5.74) is 1.20. The van der Waals surface area contributed by atoms with E-state index in [1.165, 1.54) is 24.3 Å². The van der Waals surface area contributed by atoms with Gasteiger partial charge in [0.2, 0.25) is 0 Å². The smallest absolute Gasteiger partial charge is 0.342 e. The lowest BCUT2D eigenvalue weighted by molar-refractivity contribution is -0.137. The average Bonchev–Trinajstić information content (AvgIpc) is 2.79. The van der Waals surface area contributed by atoms with Crippen molar-refractivity contribution in [1.82, 2.24) is 9.97 Å². The minimum Gasteiger partial charge on any atom is -0.342 e. The zero-order valence-electron chi connectivity index (χ0n) is 10.7. The molecule has 0 unspecified atom stereocenters. The van der Waals surface area contributed by atoms with Crippen LogP contribution in [0.25, 0.3) is 11.0 Å². The fraction of sp³-hybridized carbons (Fsp3) is 0.133. The Labute approximate surface area is 117 Å². The summed E-state index contributed by atoms with van der Waals surface area (Å²) in [5, 5.41) is 0. The Hall–Kier alpha value is -2.37. The quantitative estimate of drug-likeness (QED) is 0.701. The third-order valence-electron chi connectivity index (χ3n) is 3.15. The molecule has 3 aromatic rings. The van der Waals surface area contributed by atoms with Crippen LogP contribution in [-0.4, -0.2) is 9.97 Å². The highest BCUT2D eigenvalue weighted by Gasteiger charge is 2.29. The fourth-order valence-electron chi connectivity index (χ4n) is 2.12. The number of nitrogens with one attached hydrogen (secondary N) is 1. The molecule has 1 aromatic heterocycles. The standard InChI is InChI=1S/C15H10F4N2/c16-11-5-6-12-13(8-11)21-14(20-12)7-9-1-3-10(4-2-9)15(17,18)19/h1-6,8H,7H2,(H,20,21). The highest BCUT2D eigenvalue weighted by atomic mass is 19.4. The lowest BCUT2D eigenvalue weighted by Crippen LogP contribution is -2.04. The van der Waals surface area contributed by atoms with Crippen molar-refractivity contribution in [2.24, 2.45) is 0 Å². The zero-order valence-corrected chi connectivity index (χ0v) is 10.7. The molecule has 108 valence electrons. The molecule has 0 radical (unpaired) electrons. The molecule has 1 heterocycles. The molecule has 0 atom stereocenters. The van der Waals surface area contributed by atoms with Crippen LogP contribution in [0.1, 0.15) is 17.0 Å². The predicted octanol–water partition coefficient (Wildman–Crippen LogP) is 4.31. The summed E-state index contributed by atoms with van der Waals surface area (Å²) in [6.07, 6.45) is -3.98. The highest BCUT2D eigenvalue weighted by molar-refractivity contribution is 5.75. The van der Waals surface area contributed by atoms with Gasteiger partial charge in [-0.15, -0.1) is 0 Å². The number of hydrogen-bond acceptors (Lipinski definition) is 1. The number of alkyl halides is 3. The molecule has 6 heteroatoms. The van der Waals surface area contributed by atoms with Crippen molar-refractivity contribution < 1.29 is 17.6 Å². The predicted molar refractivity (Wildman–Crippen MR) is 70.3 cm³/mol. The Balaban J connectivity index is 1.84. The Morgan fingerprint density at radius 3 is 2.38 bits per heavy atom. The number of nitrogens with zero attached hydrogens (tertiary/aromatic N) is 1. The number of aromatic nitrogens is 2. The first-order chi connectivity index (χ1) is 9.91. The number of benzene rings is 2. The molecule has 0 aliphatic carbocycles. The molecule has 3 rings (SSSR count). The largest absolute Gasteiger partial charge is 0.416 e. The van der Waals surface area contributed by atoms with Crippen molar-refractivity contribution in [2.75, 3.05) is 0 Å². The summed E-state index contributed by atoms with van der Waals surface area (Å²) in [6, 6.07) is 9.11. The summed E-state index contributed by atoms with van der Waals surface area (Å²) >= 11 is 0. The third-order valence-corrected chi connectivity index (χ3v) is 3.15. The summed E-state index contributed by atoms with van der Waals surface area (Å²) in [4.78, 5) is 7.24. The molecule has 0 fully saturated rings. The molecule has 1 N–H and O–H groups in total. The van der Waals surface area contributed by atoms with Gasteiger partial charge in [0, 0.05) is 12.5 Å².